The van der Waals surface area contributed by atoms with E-state index < -0.39 is 4.92 Å². The summed E-state index contributed by atoms with van der Waals surface area (Å²) in [7, 11) is 1.64. The molecule has 0 aliphatic heterocycles. The minimum absolute atomic E-state index is 0.0638. The van der Waals surface area contributed by atoms with E-state index >= 15 is 0 Å². The number of pyridine rings is 1. The van der Waals surface area contributed by atoms with E-state index in [0.29, 0.717) is 12.4 Å². The van der Waals surface area contributed by atoms with Gasteiger partial charge >= 0.3 is 0 Å². The van der Waals surface area contributed by atoms with Gasteiger partial charge in [-0.2, -0.15) is 4.98 Å². The lowest BCUT2D eigenvalue weighted by Gasteiger charge is -2.19. The second-order valence-electron chi connectivity index (χ2n) is 4.87. The van der Waals surface area contributed by atoms with E-state index in [-0.39, 0.29) is 23.8 Å². The third-order valence-electron chi connectivity index (χ3n) is 2.12. The Morgan fingerprint density at radius 2 is 2.05 bits per heavy atom. The highest BCUT2D eigenvalue weighted by Gasteiger charge is 2.12. The summed E-state index contributed by atoms with van der Waals surface area (Å²) >= 11 is 0. The summed E-state index contributed by atoms with van der Waals surface area (Å²) in [4.78, 5) is 14.3. The van der Waals surface area contributed by atoms with Crippen molar-refractivity contribution in [1.29, 1.82) is 0 Å². The number of hydrogen-bond donors (Lipinski definition) is 1. The molecule has 0 aromatic carbocycles. The average Bonchev–Trinajstić information content (AvgIpc) is 2.33. The molecule has 1 rings (SSSR count). The minimum Gasteiger partial charge on any atom is -0.475 e. The summed E-state index contributed by atoms with van der Waals surface area (Å²) in [6, 6.07) is 2.64. The van der Waals surface area contributed by atoms with Crippen LogP contribution in [0, 0.1) is 10.1 Å². The number of nitro groups is 1. The number of hydrogen-bond acceptors (Lipinski definition) is 6. The summed E-state index contributed by atoms with van der Waals surface area (Å²) in [5.41, 5.74) is -0.304. The summed E-state index contributed by atoms with van der Waals surface area (Å²) in [5, 5.41) is 13.5. The van der Waals surface area contributed by atoms with Crippen LogP contribution in [-0.2, 0) is 4.74 Å². The molecular formula is C12H19N3O4. The Bertz CT molecular complexity index is 443. The fourth-order valence-corrected chi connectivity index (χ4v) is 1.29. The van der Waals surface area contributed by atoms with E-state index in [1.165, 1.54) is 12.1 Å². The molecule has 0 unspecified atom stereocenters. The molecule has 1 heterocycles. The molecule has 7 heteroatoms. The molecule has 0 saturated carbocycles. The number of rotatable bonds is 6. The van der Waals surface area contributed by atoms with Gasteiger partial charge in [-0.1, -0.05) is 0 Å². The second kappa shape index (κ2) is 6.33. The predicted octanol–water partition coefficient (Wildman–Crippen LogP) is 2.23. The molecule has 0 amide bonds. The van der Waals surface area contributed by atoms with Gasteiger partial charge in [-0.05, 0) is 20.8 Å². The van der Waals surface area contributed by atoms with Crippen molar-refractivity contribution >= 4 is 11.5 Å². The summed E-state index contributed by atoms with van der Waals surface area (Å²) in [5.74, 6) is 0.594. The van der Waals surface area contributed by atoms with Crippen molar-refractivity contribution in [3.63, 3.8) is 0 Å². The van der Waals surface area contributed by atoms with Gasteiger partial charge in [-0.15, -0.1) is 0 Å². The fourth-order valence-electron chi connectivity index (χ4n) is 1.29. The first-order valence-electron chi connectivity index (χ1n) is 5.93. The van der Waals surface area contributed by atoms with Crippen LogP contribution in [0.4, 0.5) is 11.5 Å². The Morgan fingerprint density at radius 3 is 2.58 bits per heavy atom. The van der Waals surface area contributed by atoms with E-state index in [2.05, 4.69) is 10.3 Å². The van der Waals surface area contributed by atoms with Crippen molar-refractivity contribution in [2.45, 2.75) is 26.4 Å². The van der Waals surface area contributed by atoms with Crippen LogP contribution in [0.5, 0.6) is 5.88 Å². The quantitative estimate of drug-likeness (QED) is 0.484. The zero-order valence-corrected chi connectivity index (χ0v) is 11.6. The van der Waals surface area contributed by atoms with Crippen molar-refractivity contribution in [3.8, 4) is 5.88 Å². The first kappa shape index (κ1) is 15.2. The van der Waals surface area contributed by atoms with Crippen LogP contribution in [0.2, 0.25) is 0 Å². The van der Waals surface area contributed by atoms with Crippen LogP contribution in [0.1, 0.15) is 20.8 Å². The van der Waals surface area contributed by atoms with Crippen LogP contribution >= 0.6 is 0 Å². The van der Waals surface area contributed by atoms with Crippen molar-refractivity contribution in [2.75, 3.05) is 25.6 Å². The third kappa shape index (κ3) is 5.52. The number of nitrogens with zero attached hydrogens (tertiary/aromatic N) is 2. The largest absolute Gasteiger partial charge is 0.475 e. The number of aromatic nitrogens is 1. The van der Waals surface area contributed by atoms with Gasteiger partial charge in [0, 0.05) is 7.05 Å². The Morgan fingerprint density at radius 1 is 1.37 bits per heavy atom. The average molecular weight is 269 g/mol. The highest BCUT2D eigenvalue weighted by Crippen LogP contribution is 2.21. The Balaban J connectivity index is 2.62. The molecule has 1 aromatic rings. The molecule has 1 aromatic heterocycles. The lowest BCUT2D eigenvalue weighted by atomic mass is 10.2. The molecule has 1 N–H and O–H groups in total. The summed E-state index contributed by atoms with van der Waals surface area (Å²) < 4.78 is 10.8. The zero-order chi connectivity index (χ0) is 14.5. The molecular weight excluding hydrogens is 250 g/mol. The summed E-state index contributed by atoms with van der Waals surface area (Å²) in [6.07, 6.45) is 0. The maximum atomic E-state index is 10.8. The number of anilines is 1. The van der Waals surface area contributed by atoms with Crippen LogP contribution < -0.4 is 10.1 Å². The van der Waals surface area contributed by atoms with Gasteiger partial charge in [0.15, 0.2) is 0 Å². The van der Waals surface area contributed by atoms with Crippen molar-refractivity contribution in [2.24, 2.45) is 0 Å². The van der Waals surface area contributed by atoms with E-state index in [4.69, 9.17) is 9.47 Å². The molecule has 0 saturated heterocycles. The highest BCUT2D eigenvalue weighted by atomic mass is 16.6. The monoisotopic (exact) mass is 269 g/mol. The molecule has 0 atom stereocenters. The molecule has 0 aliphatic carbocycles. The van der Waals surface area contributed by atoms with Crippen LogP contribution in [-0.4, -0.2) is 35.8 Å². The standard InChI is InChI=1S/C12H19N3O4/c1-12(2,3)19-6-5-18-11-8-9(15(16)17)7-10(13-4)14-11/h7-8H,5-6H2,1-4H3,(H,13,14). The molecule has 106 valence electrons. The predicted molar refractivity (Wildman–Crippen MR) is 71.6 cm³/mol. The smallest absolute Gasteiger partial charge is 0.278 e. The van der Waals surface area contributed by atoms with Gasteiger partial charge in [0.05, 0.1) is 29.3 Å². The van der Waals surface area contributed by atoms with E-state index in [1.54, 1.807) is 7.05 Å². The van der Waals surface area contributed by atoms with Crippen LogP contribution in [0.25, 0.3) is 0 Å². The van der Waals surface area contributed by atoms with Gasteiger partial charge in [0.2, 0.25) is 5.88 Å². The lowest BCUT2D eigenvalue weighted by Crippen LogP contribution is -2.22. The highest BCUT2D eigenvalue weighted by molar-refractivity contribution is 5.47. The van der Waals surface area contributed by atoms with E-state index in [1.807, 2.05) is 20.8 Å². The maximum Gasteiger partial charge on any atom is 0.278 e. The Hall–Kier alpha value is -1.89. The number of ether oxygens (including phenoxy) is 2. The van der Waals surface area contributed by atoms with Gasteiger partial charge in [-0.3, -0.25) is 10.1 Å². The Labute approximate surface area is 112 Å². The molecule has 0 aliphatic rings. The molecule has 7 nitrogen and oxygen atoms in total. The van der Waals surface area contributed by atoms with Crippen molar-refractivity contribution in [3.05, 3.63) is 22.2 Å². The van der Waals surface area contributed by atoms with Crippen molar-refractivity contribution in [1.82, 2.24) is 4.98 Å². The normalized spacial score (nSPS) is 11.2. The molecule has 0 fully saturated rings. The summed E-state index contributed by atoms with van der Waals surface area (Å²) in [6.45, 7) is 6.50. The molecule has 0 bridgehead atoms. The second-order valence-corrected chi connectivity index (χ2v) is 4.87. The molecule has 19 heavy (non-hydrogen) atoms. The van der Waals surface area contributed by atoms with Crippen LogP contribution in [0.3, 0.4) is 0 Å². The van der Waals surface area contributed by atoms with Gasteiger partial charge in [-0.25, -0.2) is 0 Å². The Kier molecular flexibility index (Phi) is 5.05. The minimum atomic E-state index is -0.485. The third-order valence-corrected chi connectivity index (χ3v) is 2.12. The molecule has 0 spiro atoms. The SMILES string of the molecule is CNc1cc([N+](=O)[O-])cc(OCCOC(C)(C)C)n1. The lowest BCUT2D eigenvalue weighted by molar-refractivity contribution is -0.384. The van der Waals surface area contributed by atoms with Crippen molar-refractivity contribution < 1.29 is 14.4 Å². The topological polar surface area (TPSA) is 86.5 Å². The zero-order valence-electron chi connectivity index (χ0n) is 11.6. The van der Waals surface area contributed by atoms with E-state index in [0.717, 1.165) is 0 Å². The maximum absolute atomic E-state index is 10.8. The van der Waals surface area contributed by atoms with Gasteiger partial charge in [0.25, 0.3) is 5.69 Å². The first-order valence-corrected chi connectivity index (χ1v) is 5.93. The number of nitrogens with one attached hydrogen (secondary N) is 1. The first-order chi connectivity index (χ1) is 8.81. The van der Waals surface area contributed by atoms with Gasteiger partial charge < -0.3 is 14.8 Å². The van der Waals surface area contributed by atoms with E-state index in [9.17, 15) is 10.1 Å². The van der Waals surface area contributed by atoms with Gasteiger partial charge in [0.1, 0.15) is 12.4 Å². The fraction of sp³-hybridized carbons (Fsp3) is 0.583. The molecule has 0 radical (unpaired) electrons. The van der Waals surface area contributed by atoms with Crippen LogP contribution in [0.15, 0.2) is 12.1 Å².